The van der Waals surface area contributed by atoms with Crippen molar-refractivity contribution in [3.05, 3.63) is 72.7 Å². The second-order valence-corrected chi connectivity index (χ2v) is 7.10. The Kier molecular flexibility index (Phi) is 5.70. The van der Waals surface area contributed by atoms with Gasteiger partial charge < -0.3 is 24.7 Å². The van der Waals surface area contributed by atoms with Crippen LogP contribution in [0.15, 0.2) is 71.3 Å². The Morgan fingerprint density at radius 1 is 1.03 bits per heavy atom. The Balaban J connectivity index is 1.36. The molecule has 0 saturated carbocycles. The number of anilines is 3. The average molecular weight is 419 g/mol. The Bertz CT molecular complexity index is 1090. The molecule has 0 bridgehead atoms. The van der Waals surface area contributed by atoms with E-state index in [1.54, 1.807) is 66.6 Å². The van der Waals surface area contributed by atoms with Crippen LogP contribution in [0.2, 0.25) is 0 Å². The van der Waals surface area contributed by atoms with Crippen LogP contribution in [-0.2, 0) is 9.59 Å². The molecule has 2 N–H and O–H groups in total. The summed E-state index contributed by atoms with van der Waals surface area (Å²) in [4.78, 5) is 38.7. The van der Waals surface area contributed by atoms with Gasteiger partial charge in [-0.05, 0) is 48.5 Å². The fourth-order valence-electron chi connectivity index (χ4n) is 3.39. The molecule has 0 aliphatic carbocycles. The fourth-order valence-corrected chi connectivity index (χ4v) is 3.39. The minimum atomic E-state index is -0.461. The van der Waals surface area contributed by atoms with Crippen LogP contribution in [0.4, 0.5) is 17.1 Å². The number of ether oxygens (including phenoxy) is 1. The molecular weight excluding hydrogens is 398 g/mol. The number of carbonyl (C=O) groups is 3. The lowest BCUT2D eigenvalue weighted by Gasteiger charge is -2.17. The van der Waals surface area contributed by atoms with E-state index in [1.807, 2.05) is 6.07 Å². The van der Waals surface area contributed by atoms with Gasteiger partial charge in [0.25, 0.3) is 5.91 Å². The third-order valence-electron chi connectivity index (χ3n) is 5.02. The molecule has 1 aromatic heterocycles. The van der Waals surface area contributed by atoms with Crippen molar-refractivity contribution < 1.29 is 23.5 Å². The van der Waals surface area contributed by atoms with Gasteiger partial charge in [-0.2, -0.15) is 0 Å². The minimum Gasteiger partial charge on any atom is -0.497 e. The van der Waals surface area contributed by atoms with Gasteiger partial charge in [-0.25, -0.2) is 0 Å². The maximum atomic E-state index is 12.7. The van der Waals surface area contributed by atoms with E-state index in [0.717, 1.165) is 0 Å². The molecule has 31 heavy (non-hydrogen) atoms. The largest absolute Gasteiger partial charge is 0.497 e. The second-order valence-electron chi connectivity index (χ2n) is 7.10. The maximum absolute atomic E-state index is 12.7. The first-order chi connectivity index (χ1) is 15.0. The highest BCUT2D eigenvalue weighted by atomic mass is 16.5. The monoisotopic (exact) mass is 419 g/mol. The Morgan fingerprint density at radius 3 is 2.45 bits per heavy atom. The van der Waals surface area contributed by atoms with Gasteiger partial charge in [0.2, 0.25) is 11.8 Å². The molecule has 3 aromatic rings. The Morgan fingerprint density at radius 2 is 1.77 bits per heavy atom. The molecule has 1 aliphatic rings. The number of methoxy groups -OCH3 is 1. The molecule has 0 radical (unpaired) electrons. The smallest absolute Gasteiger partial charge is 0.291 e. The van der Waals surface area contributed by atoms with Gasteiger partial charge in [-0.3, -0.25) is 14.4 Å². The number of rotatable bonds is 6. The van der Waals surface area contributed by atoms with Gasteiger partial charge in [-0.15, -0.1) is 0 Å². The molecule has 1 unspecified atom stereocenters. The molecule has 8 heteroatoms. The van der Waals surface area contributed by atoms with Crippen molar-refractivity contribution in [3.8, 4) is 5.75 Å². The summed E-state index contributed by atoms with van der Waals surface area (Å²) in [5, 5.41) is 5.55. The third-order valence-corrected chi connectivity index (χ3v) is 5.02. The van der Waals surface area contributed by atoms with Crippen molar-refractivity contribution in [2.45, 2.75) is 6.42 Å². The number of furan rings is 1. The summed E-state index contributed by atoms with van der Waals surface area (Å²) in [6.45, 7) is 0.301. The molecule has 8 nitrogen and oxygen atoms in total. The van der Waals surface area contributed by atoms with Crippen LogP contribution >= 0.6 is 0 Å². The zero-order valence-corrected chi connectivity index (χ0v) is 16.8. The van der Waals surface area contributed by atoms with E-state index < -0.39 is 5.92 Å². The van der Waals surface area contributed by atoms with Gasteiger partial charge in [0, 0.05) is 36.1 Å². The first-order valence-electron chi connectivity index (χ1n) is 9.73. The van der Waals surface area contributed by atoms with Crippen molar-refractivity contribution in [2.75, 3.05) is 29.2 Å². The summed E-state index contributed by atoms with van der Waals surface area (Å²) in [6.07, 6.45) is 1.57. The SMILES string of the molecule is COc1cccc(N2CC(C(=O)Nc3ccc(NC(=O)c4ccco4)cc3)CC2=O)c1. The van der Waals surface area contributed by atoms with Gasteiger partial charge in [-0.1, -0.05) is 6.07 Å². The summed E-state index contributed by atoms with van der Waals surface area (Å²) in [5.74, 6) is -0.294. The van der Waals surface area contributed by atoms with E-state index in [4.69, 9.17) is 9.15 Å². The standard InChI is InChI=1S/C23H21N3O5/c1-30-19-5-2-4-18(13-19)26-14-15(12-21(26)27)22(28)24-16-7-9-17(10-8-16)25-23(29)20-6-3-11-31-20/h2-11,13,15H,12,14H2,1H3,(H,24,28)(H,25,29). The van der Waals surface area contributed by atoms with E-state index in [0.29, 0.717) is 29.4 Å². The number of hydrogen-bond acceptors (Lipinski definition) is 5. The summed E-state index contributed by atoms with van der Waals surface area (Å²) < 4.78 is 10.3. The minimum absolute atomic E-state index is 0.107. The number of nitrogens with zero attached hydrogens (tertiary/aromatic N) is 1. The van der Waals surface area contributed by atoms with Crippen molar-refractivity contribution in [1.82, 2.24) is 0 Å². The van der Waals surface area contributed by atoms with E-state index in [2.05, 4.69) is 10.6 Å². The number of amides is 3. The van der Waals surface area contributed by atoms with Gasteiger partial charge in [0.1, 0.15) is 5.75 Å². The zero-order chi connectivity index (χ0) is 21.8. The van der Waals surface area contributed by atoms with E-state index >= 15 is 0 Å². The molecule has 1 atom stereocenters. The van der Waals surface area contributed by atoms with Crippen LogP contribution in [-0.4, -0.2) is 31.4 Å². The highest BCUT2D eigenvalue weighted by molar-refractivity contribution is 6.04. The molecule has 2 heterocycles. The molecular formula is C23H21N3O5. The van der Waals surface area contributed by atoms with E-state index in [9.17, 15) is 14.4 Å². The quantitative estimate of drug-likeness (QED) is 0.637. The lowest BCUT2D eigenvalue weighted by Crippen LogP contribution is -2.28. The predicted octanol–water partition coefficient (Wildman–Crippen LogP) is 3.53. The molecule has 158 valence electrons. The van der Waals surface area contributed by atoms with Crippen LogP contribution in [0, 0.1) is 5.92 Å². The summed E-state index contributed by atoms with van der Waals surface area (Å²) >= 11 is 0. The Labute approximate surface area is 178 Å². The van der Waals surface area contributed by atoms with E-state index in [-0.39, 0.29) is 29.9 Å². The maximum Gasteiger partial charge on any atom is 0.291 e. The number of hydrogen-bond donors (Lipinski definition) is 2. The number of benzene rings is 2. The molecule has 1 saturated heterocycles. The summed E-state index contributed by atoms with van der Waals surface area (Å²) in [5.41, 5.74) is 1.85. The molecule has 3 amide bonds. The Hall–Kier alpha value is -4.07. The third kappa shape index (κ3) is 4.58. The average Bonchev–Trinajstić information content (AvgIpc) is 3.45. The van der Waals surface area contributed by atoms with Crippen LogP contribution in [0.1, 0.15) is 17.0 Å². The van der Waals surface area contributed by atoms with Crippen molar-refractivity contribution in [2.24, 2.45) is 5.92 Å². The van der Waals surface area contributed by atoms with Gasteiger partial charge in [0.05, 0.1) is 19.3 Å². The lowest BCUT2D eigenvalue weighted by molar-refractivity contribution is -0.122. The molecule has 1 fully saturated rings. The summed E-state index contributed by atoms with van der Waals surface area (Å²) in [7, 11) is 1.56. The fraction of sp³-hybridized carbons (Fsp3) is 0.174. The first kappa shape index (κ1) is 20.2. The van der Waals surface area contributed by atoms with Crippen molar-refractivity contribution in [1.29, 1.82) is 0 Å². The van der Waals surface area contributed by atoms with Crippen molar-refractivity contribution >= 4 is 34.8 Å². The number of carbonyl (C=O) groups excluding carboxylic acids is 3. The van der Waals surface area contributed by atoms with Gasteiger partial charge >= 0.3 is 0 Å². The summed E-state index contributed by atoms with van der Waals surface area (Å²) in [6, 6.07) is 17.1. The van der Waals surface area contributed by atoms with Crippen LogP contribution in [0.3, 0.4) is 0 Å². The van der Waals surface area contributed by atoms with Crippen LogP contribution in [0.5, 0.6) is 5.75 Å². The normalized spacial score (nSPS) is 15.6. The molecule has 4 rings (SSSR count). The molecule has 2 aromatic carbocycles. The highest BCUT2D eigenvalue weighted by Gasteiger charge is 2.35. The number of nitrogens with one attached hydrogen (secondary N) is 2. The molecule has 1 aliphatic heterocycles. The van der Waals surface area contributed by atoms with Crippen molar-refractivity contribution in [3.63, 3.8) is 0 Å². The molecule has 0 spiro atoms. The first-order valence-corrected chi connectivity index (χ1v) is 9.73. The van der Waals surface area contributed by atoms with Crippen LogP contribution in [0.25, 0.3) is 0 Å². The highest BCUT2D eigenvalue weighted by Crippen LogP contribution is 2.28. The van der Waals surface area contributed by atoms with Crippen LogP contribution < -0.4 is 20.3 Å². The second kappa shape index (κ2) is 8.74. The topological polar surface area (TPSA) is 101 Å². The van der Waals surface area contributed by atoms with E-state index in [1.165, 1.54) is 6.26 Å². The zero-order valence-electron chi connectivity index (χ0n) is 16.8. The lowest BCUT2D eigenvalue weighted by atomic mass is 10.1. The van der Waals surface area contributed by atoms with Gasteiger partial charge in [0.15, 0.2) is 5.76 Å². The predicted molar refractivity (Wildman–Crippen MR) is 115 cm³/mol.